The highest BCUT2D eigenvalue weighted by Crippen LogP contribution is 2.30. The van der Waals surface area contributed by atoms with Crippen molar-refractivity contribution in [2.24, 2.45) is 0 Å². The SMILES string of the molecule is CCS(=O)(=O)c1ccc(O)c(NC(=O)c2cccc(Cl)c2Cl)c1. The van der Waals surface area contributed by atoms with Crippen LogP contribution >= 0.6 is 23.2 Å². The molecular weight excluding hydrogens is 361 g/mol. The van der Waals surface area contributed by atoms with E-state index in [4.69, 9.17) is 23.2 Å². The first-order chi connectivity index (χ1) is 10.8. The minimum atomic E-state index is -3.46. The number of phenolic OH excluding ortho intramolecular Hbond substituents is 1. The van der Waals surface area contributed by atoms with Gasteiger partial charge in [-0.2, -0.15) is 0 Å². The van der Waals surface area contributed by atoms with Gasteiger partial charge in [-0.05, 0) is 30.3 Å². The molecule has 8 heteroatoms. The molecule has 0 aliphatic heterocycles. The van der Waals surface area contributed by atoms with E-state index in [1.165, 1.54) is 37.3 Å². The van der Waals surface area contributed by atoms with Crippen LogP contribution in [0.15, 0.2) is 41.3 Å². The maximum Gasteiger partial charge on any atom is 0.257 e. The second-order valence-corrected chi connectivity index (χ2v) is 7.70. The third kappa shape index (κ3) is 3.77. The number of carbonyl (C=O) groups excluding carboxylic acids is 1. The lowest BCUT2D eigenvalue weighted by Crippen LogP contribution is -2.13. The lowest BCUT2D eigenvalue weighted by molar-refractivity contribution is 0.102. The smallest absolute Gasteiger partial charge is 0.257 e. The molecule has 0 aromatic heterocycles. The molecule has 0 aliphatic carbocycles. The fraction of sp³-hybridized carbons (Fsp3) is 0.133. The quantitative estimate of drug-likeness (QED) is 0.799. The highest BCUT2D eigenvalue weighted by molar-refractivity contribution is 7.91. The number of rotatable bonds is 4. The van der Waals surface area contributed by atoms with Crippen LogP contribution in [-0.2, 0) is 9.84 Å². The molecule has 2 aromatic rings. The molecule has 2 N–H and O–H groups in total. The van der Waals surface area contributed by atoms with Gasteiger partial charge in [0.2, 0.25) is 0 Å². The molecule has 122 valence electrons. The average molecular weight is 374 g/mol. The zero-order chi connectivity index (χ0) is 17.2. The zero-order valence-corrected chi connectivity index (χ0v) is 14.3. The van der Waals surface area contributed by atoms with Crippen molar-refractivity contribution in [3.05, 3.63) is 52.0 Å². The van der Waals surface area contributed by atoms with E-state index >= 15 is 0 Å². The van der Waals surface area contributed by atoms with Gasteiger partial charge in [0, 0.05) is 0 Å². The molecule has 2 rings (SSSR count). The summed E-state index contributed by atoms with van der Waals surface area (Å²) in [7, 11) is -3.46. The van der Waals surface area contributed by atoms with Crippen LogP contribution in [-0.4, -0.2) is 25.2 Å². The van der Waals surface area contributed by atoms with Crippen molar-refractivity contribution in [1.82, 2.24) is 0 Å². The van der Waals surface area contributed by atoms with E-state index in [1.807, 2.05) is 0 Å². The Morgan fingerprint density at radius 3 is 2.57 bits per heavy atom. The maximum atomic E-state index is 12.3. The average Bonchev–Trinajstić information content (AvgIpc) is 2.51. The topological polar surface area (TPSA) is 83.5 Å². The Bertz CT molecular complexity index is 866. The molecule has 0 aliphatic rings. The Balaban J connectivity index is 2.38. The second-order valence-electron chi connectivity index (χ2n) is 4.64. The van der Waals surface area contributed by atoms with Gasteiger partial charge in [-0.15, -0.1) is 0 Å². The minimum absolute atomic E-state index is 0.00490. The van der Waals surface area contributed by atoms with Gasteiger partial charge in [0.1, 0.15) is 5.75 Å². The summed E-state index contributed by atoms with van der Waals surface area (Å²) in [6.45, 7) is 1.51. The van der Waals surface area contributed by atoms with Crippen molar-refractivity contribution in [1.29, 1.82) is 0 Å². The highest BCUT2D eigenvalue weighted by atomic mass is 35.5. The number of hydrogen-bond acceptors (Lipinski definition) is 4. The number of nitrogens with one attached hydrogen (secondary N) is 1. The monoisotopic (exact) mass is 373 g/mol. The first-order valence-electron chi connectivity index (χ1n) is 6.57. The lowest BCUT2D eigenvalue weighted by Gasteiger charge is -2.11. The Morgan fingerprint density at radius 1 is 1.22 bits per heavy atom. The van der Waals surface area contributed by atoms with E-state index in [-0.39, 0.29) is 37.7 Å². The summed E-state index contributed by atoms with van der Waals surface area (Å²) in [5, 5.41) is 12.5. The maximum absolute atomic E-state index is 12.3. The van der Waals surface area contributed by atoms with Crippen LogP contribution in [0.25, 0.3) is 0 Å². The molecule has 0 radical (unpaired) electrons. The van der Waals surface area contributed by atoms with Gasteiger partial charge >= 0.3 is 0 Å². The van der Waals surface area contributed by atoms with Crippen LogP contribution < -0.4 is 5.32 Å². The van der Waals surface area contributed by atoms with Crippen LogP contribution in [0.3, 0.4) is 0 Å². The van der Waals surface area contributed by atoms with Crippen LogP contribution in [0, 0.1) is 0 Å². The Kier molecular flexibility index (Phi) is 5.19. The molecule has 0 heterocycles. The number of sulfone groups is 1. The molecule has 1 amide bonds. The molecule has 0 bridgehead atoms. The summed E-state index contributed by atoms with van der Waals surface area (Å²) >= 11 is 11.8. The molecular formula is C15H13Cl2NO4S. The molecule has 2 aromatic carbocycles. The Morgan fingerprint density at radius 2 is 1.91 bits per heavy atom. The predicted octanol–water partition coefficient (Wildman–Crippen LogP) is 3.74. The molecule has 23 heavy (non-hydrogen) atoms. The van der Waals surface area contributed by atoms with Gasteiger partial charge < -0.3 is 10.4 Å². The van der Waals surface area contributed by atoms with E-state index in [1.54, 1.807) is 6.07 Å². The highest BCUT2D eigenvalue weighted by Gasteiger charge is 2.17. The number of hydrogen-bond donors (Lipinski definition) is 2. The Hall–Kier alpha value is -1.76. The molecule has 0 saturated heterocycles. The van der Waals surface area contributed by atoms with Gasteiger partial charge in [0.15, 0.2) is 9.84 Å². The van der Waals surface area contributed by atoms with E-state index in [2.05, 4.69) is 5.32 Å². The van der Waals surface area contributed by atoms with Crippen molar-refractivity contribution in [2.45, 2.75) is 11.8 Å². The molecule has 5 nitrogen and oxygen atoms in total. The second kappa shape index (κ2) is 6.78. The molecule has 0 saturated carbocycles. The van der Waals surface area contributed by atoms with Crippen molar-refractivity contribution in [2.75, 3.05) is 11.1 Å². The summed E-state index contributed by atoms with van der Waals surface area (Å²) in [6.07, 6.45) is 0. The van der Waals surface area contributed by atoms with Crippen molar-refractivity contribution in [3.63, 3.8) is 0 Å². The van der Waals surface area contributed by atoms with Gasteiger partial charge in [-0.3, -0.25) is 4.79 Å². The van der Waals surface area contributed by atoms with Crippen LogP contribution in [0.1, 0.15) is 17.3 Å². The van der Waals surface area contributed by atoms with Gasteiger partial charge in [-0.25, -0.2) is 8.42 Å². The minimum Gasteiger partial charge on any atom is -0.506 e. The summed E-state index contributed by atoms with van der Waals surface area (Å²) in [5.74, 6) is -0.962. The largest absolute Gasteiger partial charge is 0.506 e. The number of halogens is 2. The van der Waals surface area contributed by atoms with E-state index in [0.29, 0.717) is 0 Å². The third-order valence-corrected chi connectivity index (χ3v) is 5.70. The number of benzene rings is 2. The van der Waals surface area contributed by atoms with Crippen LogP contribution in [0.5, 0.6) is 5.75 Å². The molecule has 0 atom stereocenters. The van der Waals surface area contributed by atoms with E-state index in [0.717, 1.165) is 0 Å². The third-order valence-electron chi connectivity index (χ3n) is 3.15. The van der Waals surface area contributed by atoms with Crippen molar-refractivity contribution in [3.8, 4) is 5.75 Å². The fourth-order valence-electron chi connectivity index (χ4n) is 1.84. The van der Waals surface area contributed by atoms with Crippen molar-refractivity contribution >= 4 is 44.6 Å². The van der Waals surface area contributed by atoms with Crippen LogP contribution in [0.4, 0.5) is 5.69 Å². The predicted molar refractivity (Wildman–Crippen MR) is 90.2 cm³/mol. The standard InChI is InChI=1S/C15H13Cl2NO4S/c1-2-23(21,22)9-6-7-13(19)12(8-9)18-15(20)10-4-3-5-11(16)14(10)17/h3-8,19H,2H2,1H3,(H,18,20). The summed E-state index contributed by atoms with van der Waals surface area (Å²) in [6, 6.07) is 8.24. The number of carbonyl (C=O) groups is 1. The van der Waals surface area contributed by atoms with E-state index < -0.39 is 15.7 Å². The zero-order valence-electron chi connectivity index (χ0n) is 12.0. The van der Waals surface area contributed by atoms with Gasteiger partial charge in [0.25, 0.3) is 5.91 Å². The fourth-order valence-corrected chi connectivity index (χ4v) is 3.14. The van der Waals surface area contributed by atoms with Crippen LogP contribution in [0.2, 0.25) is 10.0 Å². The molecule has 0 fully saturated rings. The molecule has 0 spiro atoms. The Labute approximate surface area is 143 Å². The summed E-state index contributed by atoms with van der Waals surface area (Å²) in [5.41, 5.74) is 0.0860. The lowest BCUT2D eigenvalue weighted by atomic mass is 10.2. The number of anilines is 1. The normalized spacial score (nSPS) is 11.3. The van der Waals surface area contributed by atoms with Gasteiger partial charge in [0.05, 0.1) is 31.9 Å². The first-order valence-corrected chi connectivity index (χ1v) is 8.98. The van der Waals surface area contributed by atoms with Gasteiger partial charge in [-0.1, -0.05) is 36.2 Å². The van der Waals surface area contributed by atoms with E-state index in [9.17, 15) is 18.3 Å². The first kappa shape index (κ1) is 17.6. The molecule has 0 unspecified atom stereocenters. The number of amides is 1. The number of aromatic hydroxyl groups is 1. The number of phenols is 1. The summed E-state index contributed by atoms with van der Waals surface area (Å²) in [4.78, 5) is 12.3. The summed E-state index contributed by atoms with van der Waals surface area (Å²) < 4.78 is 23.8. The van der Waals surface area contributed by atoms with Crippen molar-refractivity contribution < 1.29 is 18.3 Å².